The van der Waals surface area contributed by atoms with Crippen LogP contribution in [0.15, 0.2) is 46.2 Å². The lowest BCUT2D eigenvalue weighted by molar-refractivity contribution is -0.388. The van der Waals surface area contributed by atoms with Gasteiger partial charge in [0, 0.05) is 16.0 Å². The van der Waals surface area contributed by atoms with Crippen molar-refractivity contribution in [2.45, 2.75) is 16.0 Å². The third-order valence-corrected chi connectivity index (χ3v) is 4.25. The lowest BCUT2D eigenvalue weighted by Gasteiger charge is -2.10. The molecule has 0 radical (unpaired) electrons. The first-order valence-electron chi connectivity index (χ1n) is 6.16. The van der Waals surface area contributed by atoms with Crippen molar-refractivity contribution in [2.24, 2.45) is 0 Å². The van der Waals surface area contributed by atoms with Crippen LogP contribution in [0.2, 0.25) is 5.02 Å². The van der Waals surface area contributed by atoms with Crippen LogP contribution < -0.4 is 0 Å². The summed E-state index contributed by atoms with van der Waals surface area (Å²) in [5.41, 5.74) is -2.13. The molecule has 0 atom stereocenters. The van der Waals surface area contributed by atoms with E-state index in [-0.39, 0.29) is 20.4 Å². The molecule has 2 aromatic rings. The van der Waals surface area contributed by atoms with Crippen LogP contribution in [-0.4, -0.2) is 16.0 Å². The summed E-state index contributed by atoms with van der Waals surface area (Å²) >= 11 is 6.39. The topological polar surface area (TPSA) is 80.4 Å². The van der Waals surface area contributed by atoms with E-state index < -0.39 is 28.3 Å². The maximum absolute atomic E-state index is 12.7. The minimum atomic E-state index is -4.72. The molecule has 0 aliphatic heterocycles. The molecule has 2 aromatic carbocycles. The fourth-order valence-corrected chi connectivity index (χ4v) is 2.97. The van der Waals surface area contributed by atoms with E-state index in [2.05, 4.69) is 0 Å². The van der Waals surface area contributed by atoms with E-state index in [1.165, 1.54) is 12.1 Å². The largest absolute Gasteiger partial charge is 0.478 e. The van der Waals surface area contributed by atoms with E-state index in [0.717, 1.165) is 12.1 Å². The number of aromatic carboxylic acids is 1. The Labute approximate surface area is 142 Å². The van der Waals surface area contributed by atoms with Crippen LogP contribution in [-0.2, 0) is 6.18 Å². The number of hydrogen-bond acceptors (Lipinski definition) is 4. The van der Waals surface area contributed by atoms with Crippen LogP contribution >= 0.6 is 23.4 Å². The van der Waals surface area contributed by atoms with Crippen LogP contribution in [0.4, 0.5) is 18.9 Å². The minimum absolute atomic E-state index is 0.113. The summed E-state index contributed by atoms with van der Waals surface area (Å²) in [6.45, 7) is 0. The predicted octanol–water partition coefficient (Wildman–Crippen LogP) is 5.12. The lowest BCUT2D eigenvalue weighted by atomic mass is 10.2. The van der Waals surface area contributed by atoms with Gasteiger partial charge in [-0.05, 0) is 30.3 Å². The molecule has 5 nitrogen and oxygen atoms in total. The zero-order valence-corrected chi connectivity index (χ0v) is 13.1. The van der Waals surface area contributed by atoms with Gasteiger partial charge in [0.1, 0.15) is 0 Å². The van der Waals surface area contributed by atoms with E-state index in [1.54, 1.807) is 0 Å². The van der Waals surface area contributed by atoms with Gasteiger partial charge in [0.15, 0.2) is 0 Å². The molecule has 0 bridgehead atoms. The van der Waals surface area contributed by atoms with E-state index in [9.17, 15) is 28.1 Å². The van der Waals surface area contributed by atoms with Crippen LogP contribution in [0.1, 0.15) is 15.9 Å². The Bertz CT molecular complexity index is 826. The summed E-state index contributed by atoms with van der Waals surface area (Å²) < 4.78 is 38.0. The van der Waals surface area contributed by atoms with Gasteiger partial charge >= 0.3 is 12.1 Å². The molecule has 2 rings (SSSR count). The second kappa shape index (κ2) is 6.70. The maximum atomic E-state index is 12.7. The highest BCUT2D eigenvalue weighted by Crippen LogP contribution is 2.40. The van der Waals surface area contributed by atoms with Crippen LogP contribution in [0.25, 0.3) is 0 Å². The Morgan fingerprint density at radius 2 is 1.79 bits per heavy atom. The highest BCUT2D eigenvalue weighted by Gasteiger charge is 2.33. The standard InChI is InChI=1S/C14H7ClF3NO4S/c15-8-2-4-11(9(6-8)13(20)21)24-12-3-1-7(14(16,17)18)5-10(12)19(22)23/h1-6H,(H,20,21). The molecule has 0 aromatic heterocycles. The Morgan fingerprint density at radius 3 is 2.33 bits per heavy atom. The highest BCUT2D eigenvalue weighted by atomic mass is 35.5. The molecule has 0 heterocycles. The third-order valence-electron chi connectivity index (χ3n) is 2.87. The molecule has 10 heteroatoms. The number of alkyl halides is 3. The molecule has 1 N–H and O–H groups in total. The quantitative estimate of drug-likeness (QED) is 0.591. The zero-order valence-electron chi connectivity index (χ0n) is 11.5. The van der Waals surface area contributed by atoms with Gasteiger partial charge in [-0.25, -0.2) is 4.79 Å². The Balaban J connectivity index is 2.51. The first-order valence-corrected chi connectivity index (χ1v) is 7.35. The van der Waals surface area contributed by atoms with Gasteiger partial charge in [0.2, 0.25) is 0 Å². The van der Waals surface area contributed by atoms with E-state index in [1.807, 2.05) is 0 Å². The number of nitro benzene ring substituents is 1. The first-order chi connectivity index (χ1) is 11.1. The fourth-order valence-electron chi connectivity index (χ4n) is 1.80. The van der Waals surface area contributed by atoms with Crippen molar-refractivity contribution in [1.82, 2.24) is 0 Å². The fraction of sp³-hybridized carbons (Fsp3) is 0.0714. The molecule has 0 saturated heterocycles. The van der Waals surface area contributed by atoms with Gasteiger partial charge in [-0.1, -0.05) is 23.4 Å². The summed E-state index contributed by atoms with van der Waals surface area (Å²) in [6.07, 6.45) is -4.72. The smallest absolute Gasteiger partial charge is 0.416 e. The van der Waals surface area contributed by atoms with E-state index >= 15 is 0 Å². The number of halogens is 4. The van der Waals surface area contributed by atoms with Gasteiger partial charge in [-0.3, -0.25) is 10.1 Å². The molecule has 0 spiro atoms. The summed E-state index contributed by atoms with van der Waals surface area (Å²) in [5.74, 6) is -1.31. The summed E-state index contributed by atoms with van der Waals surface area (Å²) in [4.78, 5) is 21.3. The minimum Gasteiger partial charge on any atom is -0.478 e. The monoisotopic (exact) mass is 377 g/mol. The second-order valence-electron chi connectivity index (χ2n) is 4.49. The maximum Gasteiger partial charge on any atom is 0.416 e. The van der Waals surface area contributed by atoms with E-state index in [4.69, 9.17) is 16.7 Å². The van der Waals surface area contributed by atoms with Gasteiger partial charge in [-0.2, -0.15) is 13.2 Å². The van der Waals surface area contributed by atoms with Crippen molar-refractivity contribution in [3.05, 3.63) is 62.7 Å². The Morgan fingerprint density at radius 1 is 1.17 bits per heavy atom. The van der Waals surface area contributed by atoms with Crippen LogP contribution in [0, 0.1) is 10.1 Å². The summed E-state index contributed by atoms with van der Waals surface area (Å²) in [6, 6.07) is 5.92. The van der Waals surface area contributed by atoms with E-state index in [0.29, 0.717) is 23.9 Å². The number of carboxylic acids is 1. The number of benzene rings is 2. The second-order valence-corrected chi connectivity index (χ2v) is 6.01. The number of rotatable bonds is 4. The van der Waals surface area contributed by atoms with Crippen molar-refractivity contribution >= 4 is 35.0 Å². The molecule has 0 amide bonds. The average Bonchev–Trinajstić information content (AvgIpc) is 2.47. The summed E-state index contributed by atoms with van der Waals surface area (Å²) in [5, 5.41) is 20.3. The number of carbonyl (C=O) groups is 1. The van der Waals surface area contributed by atoms with Crippen LogP contribution in [0.3, 0.4) is 0 Å². The molecule has 126 valence electrons. The number of carboxylic acid groups (broad SMARTS) is 1. The van der Waals surface area contributed by atoms with Gasteiger partial charge in [0.05, 0.1) is 20.9 Å². The molecule has 0 fully saturated rings. The van der Waals surface area contributed by atoms with Crippen molar-refractivity contribution in [1.29, 1.82) is 0 Å². The number of hydrogen-bond donors (Lipinski definition) is 1. The SMILES string of the molecule is O=C(O)c1cc(Cl)ccc1Sc1ccc(C(F)(F)F)cc1[N+](=O)[O-]. The number of nitro groups is 1. The zero-order chi connectivity index (χ0) is 18.1. The Kier molecular flexibility index (Phi) is 5.05. The van der Waals surface area contributed by atoms with Crippen molar-refractivity contribution in [2.75, 3.05) is 0 Å². The first kappa shape index (κ1) is 18.1. The predicted molar refractivity (Wildman–Crippen MR) is 80.6 cm³/mol. The normalized spacial score (nSPS) is 11.3. The third kappa shape index (κ3) is 3.98. The van der Waals surface area contributed by atoms with Crippen LogP contribution in [0.5, 0.6) is 0 Å². The average molecular weight is 378 g/mol. The highest BCUT2D eigenvalue weighted by molar-refractivity contribution is 7.99. The van der Waals surface area contributed by atoms with Gasteiger partial charge < -0.3 is 5.11 Å². The number of nitrogens with zero attached hydrogens (tertiary/aromatic N) is 1. The Hall–Kier alpha value is -2.26. The molecule has 0 unspecified atom stereocenters. The molecule has 0 saturated carbocycles. The lowest BCUT2D eigenvalue weighted by Crippen LogP contribution is -2.06. The molecule has 24 heavy (non-hydrogen) atoms. The van der Waals surface area contributed by atoms with Crippen molar-refractivity contribution in [3.8, 4) is 0 Å². The molecule has 0 aliphatic rings. The molecular formula is C14H7ClF3NO4S. The van der Waals surface area contributed by atoms with Crippen molar-refractivity contribution in [3.63, 3.8) is 0 Å². The molecular weight excluding hydrogens is 371 g/mol. The van der Waals surface area contributed by atoms with Gasteiger partial charge in [0.25, 0.3) is 5.69 Å². The van der Waals surface area contributed by atoms with Gasteiger partial charge in [-0.15, -0.1) is 0 Å². The molecule has 0 aliphatic carbocycles. The summed E-state index contributed by atoms with van der Waals surface area (Å²) in [7, 11) is 0. The van der Waals surface area contributed by atoms with Crippen molar-refractivity contribution < 1.29 is 28.0 Å².